The second-order valence-electron chi connectivity index (χ2n) is 5.19. The van der Waals surface area contributed by atoms with Crippen LogP contribution in [0.5, 0.6) is 5.75 Å². The molecule has 0 saturated heterocycles. The van der Waals surface area contributed by atoms with Crippen molar-refractivity contribution >= 4 is 35.1 Å². The number of carbonyl (C=O) groups is 1. The Morgan fingerprint density at radius 1 is 1.20 bits per heavy atom. The van der Waals surface area contributed by atoms with Crippen LogP contribution in [-0.4, -0.2) is 22.7 Å². The maximum absolute atomic E-state index is 11.9. The molecule has 0 fully saturated rings. The van der Waals surface area contributed by atoms with Crippen molar-refractivity contribution in [1.29, 1.82) is 0 Å². The van der Waals surface area contributed by atoms with Crippen molar-refractivity contribution in [2.24, 2.45) is 0 Å². The standard InChI is InChI=1S/C17H13Cl2N3O3/c1-10-3-2-4-12(7-10)24-9-15(23)20-17-22-21-16(25-17)13-6-5-11(18)8-14(13)19/h2-8H,9H2,1H3,(H,20,22,23). The van der Waals surface area contributed by atoms with Gasteiger partial charge < -0.3 is 9.15 Å². The molecule has 25 heavy (non-hydrogen) atoms. The maximum Gasteiger partial charge on any atom is 0.322 e. The second kappa shape index (κ2) is 7.55. The lowest BCUT2D eigenvalue weighted by Crippen LogP contribution is -2.20. The zero-order valence-electron chi connectivity index (χ0n) is 13.1. The fourth-order valence-corrected chi connectivity index (χ4v) is 2.54. The molecule has 0 aliphatic heterocycles. The van der Waals surface area contributed by atoms with Gasteiger partial charge in [-0.2, -0.15) is 0 Å². The highest BCUT2D eigenvalue weighted by Gasteiger charge is 2.14. The van der Waals surface area contributed by atoms with E-state index < -0.39 is 5.91 Å². The molecule has 1 N–H and O–H groups in total. The van der Waals surface area contributed by atoms with E-state index in [9.17, 15) is 4.79 Å². The highest BCUT2D eigenvalue weighted by Crippen LogP contribution is 2.30. The Balaban J connectivity index is 1.62. The fraction of sp³-hybridized carbons (Fsp3) is 0.118. The summed E-state index contributed by atoms with van der Waals surface area (Å²) in [5, 5.41) is 11.0. The lowest BCUT2D eigenvalue weighted by Gasteiger charge is -2.05. The van der Waals surface area contributed by atoms with E-state index in [1.807, 2.05) is 25.1 Å². The van der Waals surface area contributed by atoms with Crippen molar-refractivity contribution in [1.82, 2.24) is 10.2 Å². The monoisotopic (exact) mass is 377 g/mol. The number of hydrogen-bond acceptors (Lipinski definition) is 5. The second-order valence-corrected chi connectivity index (χ2v) is 6.03. The molecule has 2 aromatic carbocycles. The van der Waals surface area contributed by atoms with Gasteiger partial charge in [-0.3, -0.25) is 10.1 Å². The molecular weight excluding hydrogens is 365 g/mol. The number of aromatic nitrogens is 2. The first-order valence-corrected chi connectivity index (χ1v) is 8.05. The highest BCUT2D eigenvalue weighted by molar-refractivity contribution is 6.36. The molecule has 0 aliphatic carbocycles. The number of rotatable bonds is 5. The van der Waals surface area contributed by atoms with E-state index >= 15 is 0 Å². The van der Waals surface area contributed by atoms with E-state index in [4.69, 9.17) is 32.4 Å². The summed E-state index contributed by atoms with van der Waals surface area (Å²) in [4.78, 5) is 11.9. The maximum atomic E-state index is 11.9. The first-order chi connectivity index (χ1) is 12.0. The van der Waals surface area contributed by atoms with Crippen LogP contribution in [0.2, 0.25) is 10.0 Å². The Hall–Kier alpha value is -2.57. The molecule has 3 rings (SSSR count). The third kappa shape index (κ3) is 4.49. The smallest absolute Gasteiger partial charge is 0.322 e. The van der Waals surface area contributed by atoms with Crippen molar-refractivity contribution in [3.05, 3.63) is 58.1 Å². The van der Waals surface area contributed by atoms with E-state index in [2.05, 4.69) is 15.5 Å². The van der Waals surface area contributed by atoms with Crippen molar-refractivity contribution < 1.29 is 13.9 Å². The molecular formula is C17H13Cl2N3O3. The highest BCUT2D eigenvalue weighted by atomic mass is 35.5. The topological polar surface area (TPSA) is 77.2 Å². The predicted octanol–water partition coefficient (Wildman–Crippen LogP) is 4.37. The van der Waals surface area contributed by atoms with Gasteiger partial charge >= 0.3 is 6.01 Å². The van der Waals surface area contributed by atoms with Gasteiger partial charge in [-0.1, -0.05) is 40.4 Å². The molecule has 0 spiro atoms. The number of ether oxygens (including phenoxy) is 1. The molecule has 128 valence electrons. The Kier molecular flexibility index (Phi) is 5.21. The van der Waals surface area contributed by atoms with Crippen molar-refractivity contribution in [3.63, 3.8) is 0 Å². The molecule has 6 nitrogen and oxygen atoms in total. The van der Waals surface area contributed by atoms with Crippen LogP contribution in [0.1, 0.15) is 5.56 Å². The van der Waals surface area contributed by atoms with Crippen molar-refractivity contribution in [3.8, 4) is 17.2 Å². The largest absolute Gasteiger partial charge is 0.484 e. The quantitative estimate of drug-likeness (QED) is 0.714. The molecule has 0 aliphatic rings. The first-order valence-electron chi connectivity index (χ1n) is 7.29. The minimum absolute atomic E-state index is 0.0427. The van der Waals surface area contributed by atoms with E-state index in [0.29, 0.717) is 21.4 Å². The number of benzene rings is 2. The lowest BCUT2D eigenvalue weighted by atomic mass is 10.2. The number of carbonyl (C=O) groups excluding carboxylic acids is 1. The Labute approximate surface area is 153 Å². The van der Waals surface area contributed by atoms with Crippen LogP contribution < -0.4 is 10.1 Å². The predicted molar refractivity (Wildman–Crippen MR) is 95.1 cm³/mol. The summed E-state index contributed by atoms with van der Waals surface area (Å²) < 4.78 is 10.8. The zero-order valence-corrected chi connectivity index (χ0v) is 14.6. The number of nitrogens with one attached hydrogen (secondary N) is 1. The van der Waals surface area contributed by atoms with Crippen molar-refractivity contribution in [2.45, 2.75) is 6.92 Å². The number of halogens is 2. The van der Waals surface area contributed by atoms with Crippen LogP contribution in [0, 0.1) is 6.92 Å². The van der Waals surface area contributed by atoms with Crippen LogP contribution in [-0.2, 0) is 4.79 Å². The van der Waals surface area contributed by atoms with E-state index in [-0.39, 0.29) is 18.5 Å². The molecule has 8 heteroatoms. The third-order valence-corrected chi connectivity index (χ3v) is 3.74. The molecule has 1 amide bonds. The van der Waals surface area contributed by atoms with Crippen LogP contribution in [0.15, 0.2) is 46.9 Å². The summed E-state index contributed by atoms with van der Waals surface area (Å²) in [5.41, 5.74) is 1.56. The number of aryl methyl sites for hydroxylation is 1. The van der Waals surface area contributed by atoms with Gasteiger partial charge in [-0.25, -0.2) is 0 Å². The summed E-state index contributed by atoms with van der Waals surface area (Å²) in [7, 11) is 0. The number of hydrogen-bond donors (Lipinski definition) is 1. The average molecular weight is 378 g/mol. The van der Waals surface area contributed by atoms with Crippen LogP contribution in [0.3, 0.4) is 0 Å². The third-order valence-electron chi connectivity index (χ3n) is 3.19. The summed E-state index contributed by atoms with van der Waals surface area (Å²) >= 11 is 11.9. The van der Waals surface area contributed by atoms with Crippen LogP contribution in [0.4, 0.5) is 6.01 Å². The molecule has 0 bridgehead atoms. The van der Waals surface area contributed by atoms with Gasteiger partial charge in [0, 0.05) is 5.02 Å². The SMILES string of the molecule is Cc1cccc(OCC(=O)Nc2nnc(-c3ccc(Cl)cc3Cl)o2)c1. The first kappa shape index (κ1) is 17.3. The molecule has 0 saturated carbocycles. The summed E-state index contributed by atoms with van der Waals surface area (Å²) in [5.74, 6) is 0.366. The molecule has 0 unspecified atom stereocenters. The number of nitrogens with zero attached hydrogens (tertiary/aromatic N) is 2. The van der Waals surface area contributed by atoms with Gasteiger partial charge in [0.1, 0.15) is 5.75 Å². The van der Waals surface area contributed by atoms with Gasteiger partial charge in [0.25, 0.3) is 11.8 Å². The Bertz CT molecular complexity index is 912. The van der Waals surface area contributed by atoms with E-state index in [0.717, 1.165) is 5.56 Å². The molecule has 1 aromatic heterocycles. The summed E-state index contributed by atoms with van der Waals surface area (Å²) in [6, 6.07) is 12.2. The molecule has 3 aromatic rings. The van der Waals surface area contributed by atoms with Gasteiger partial charge in [0.05, 0.1) is 10.6 Å². The average Bonchev–Trinajstić information content (AvgIpc) is 3.01. The van der Waals surface area contributed by atoms with Gasteiger partial charge in [0.15, 0.2) is 6.61 Å². The Morgan fingerprint density at radius 3 is 2.80 bits per heavy atom. The molecule has 1 heterocycles. The van der Waals surface area contributed by atoms with Crippen LogP contribution in [0.25, 0.3) is 11.5 Å². The fourth-order valence-electron chi connectivity index (χ4n) is 2.05. The number of anilines is 1. The Morgan fingerprint density at radius 2 is 2.04 bits per heavy atom. The minimum atomic E-state index is -0.418. The molecule has 0 radical (unpaired) electrons. The van der Waals surface area contributed by atoms with E-state index in [1.54, 1.807) is 24.3 Å². The van der Waals surface area contributed by atoms with Crippen LogP contribution >= 0.6 is 23.2 Å². The zero-order chi connectivity index (χ0) is 17.8. The number of amides is 1. The molecule has 0 atom stereocenters. The van der Waals surface area contributed by atoms with Crippen molar-refractivity contribution in [2.75, 3.05) is 11.9 Å². The summed E-state index contributed by atoms with van der Waals surface area (Å²) in [6.45, 7) is 1.76. The van der Waals surface area contributed by atoms with Gasteiger partial charge in [-0.15, -0.1) is 5.10 Å². The lowest BCUT2D eigenvalue weighted by molar-refractivity contribution is -0.118. The van der Waals surface area contributed by atoms with E-state index in [1.165, 1.54) is 0 Å². The normalized spacial score (nSPS) is 10.5. The van der Waals surface area contributed by atoms with Gasteiger partial charge in [-0.05, 0) is 42.8 Å². The van der Waals surface area contributed by atoms with Gasteiger partial charge in [0.2, 0.25) is 0 Å². The summed E-state index contributed by atoms with van der Waals surface area (Å²) in [6.07, 6.45) is 0. The minimum Gasteiger partial charge on any atom is -0.484 e.